The molecule has 0 bridgehead atoms. The minimum absolute atomic E-state index is 0.189. The number of benzene rings is 3. The molecule has 2 heterocycles. The van der Waals surface area contributed by atoms with Crippen LogP contribution in [-0.2, 0) is 25.8 Å². The van der Waals surface area contributed by atoms with Gasteiger partial charge in [-0.15, -0.1) is 0 Å². The third-order valence-electron chi connectivity index (χ3n) is 7.29. The first-order valence-corrected chi connectivity index (χ1v) is 12.9. The summed E-state index contributed by atoms with van der Waals surface area (Å²) in [4.78, 5) is 21.5. The zero-order valence-corrected chi connectivity index (χ0v) is 20.7. The van der Waals surface area contributed by atoms with Gasteiger partial charge in [0, 0.05) is 42.2 Å². The number of carbonyl (C=O) groups excluding carboxylic acids is 1. The standard InChI is InChI=1S/C32H29N3O2/c36-30-12-6-11-27-28(30)15-16-31(29(27)14-13-25-20-34-19-24-9-4-5-10-26(24)25)37-32(21-35-18-17-33-22-35)23-7-2-1-3-8-23/h1-5,7-10,15-20,22,32H,6,11-14,21H2/t32-/m1/s1. The molecule has 37 heavy (non-hydrogen) atoms. The number of pyridine rings is 1. The Morgan fingerprint density at radius 3 is 2.62 bits per heavy atom. The Kier molecular flexibility index (Phi) is 6.51. The van der Waals surface area contributed by atoms with Crippen molar-refractivity contribution in [2.45, 2.75) is 44.8 Å². The minimum atomic E-state index is -0.189. The molecule has 3 aromatic carbocycles. The number of nitrogens with zero attached hydrogens (tertiary/aromatic N) is 3. The summed E-state index contributed by atoms with van der Waals surface area (Å²) in [6.07, 6.45) is 13.3. The number of hydrogen-bond acceptors (Lipinski definition) is 4. The highest BCUT2D eigenvalue weighted by molar-refractivity contribution is 5.99. The van der Waals surface area contributed by atoms with Gasteiger partial charge in [-0.3, -0.25) is 9.78 Å². The van der Waals surface area contributed by atoms with Crippen molar-refractivity contribution in [3.05, 3.63) is 126 Å². The molecule has 0 aliphatic heterocycles. The van der Waals surface area contributed by atoms with Crippen LogP contribution in [0.25, 0.3) is 10.8 Å². The summed E-state index contributed by atoms with van der Waals surface area (Å²) in [5, 5.41) is 2.37. The number of Topliss-reactive ketones (excluding diaryl/α,β-unsaturated/α-hetero) is 1. The second kappa shape index (κ2) is 10.4. The number of hydrogen-bond donors (Lipinski definition) is 0. The van der Waals surface area contributed by atoms with Crippen molar-refractivity contribution >= 4 is 16.6 Å². The van der Waals surface area contributed by atoms with Gasteiger partial charge in [-0.25, -0.2) is 4.98 Å². The van der Waals surface area contributed by atoms with Crippen LogP contribution in [0.3, 0.4) is 0 Å². The maximum Gasteiger partial charge on any atom is 0.163 e. The van der Waals surface area contributed by atoms with Gasteiger partial charge in [0.05, 0.1) is 12.9 Å². The topological polar surface area (TPSA) is 57.0 Å². The number of aryl methyl sites for hydroxylation is 1. The van der Waals surface area contributed by atoms with Crippen molar-refractivity contribution in [1.29, 1.82) is 0 Å². The van der Waals surface area contributed by atoms with Crippen LogP contribution in [0.2, 0.25) is 0 Å². The molecule has 0 spiro atoms. The number of imidazole rings is 1. The summed E-state index contributed by atoms with van der Waals surface area (Å²) in [5.74, 6) is 1.09. The van der Waals surface area contributed by atoms with Crippen LogP contribution in [0.5, 0.6) is 5.75 Å². The van der Waals surface area contributed by atoms with Crippen LogP contribution in [0.1, 0.15) is 51.6 Å². The Labute approximate surface area is 216 Å². The molecule has 5 aromatic rings. The van der Waals surface area contributed by atoms with E-state index in [-0.39, 0.29) is 11.9 Å². The third-order valence-corrected chi connectivity index (χ3v) is 7.29. The number of carbonyl (C=O) groups is 1. The molecule has 0 saturated carbocycles. The highest BCUT2D eigenvalue weighted by Gasteiger charge is 2.24. The Balaban J connectivity index is 1.37. The van der Waals surface area contributed by atoms with Crippen molar-refractivity contribution in [2.24, 2.45) is 0 Å². The number of aromatic nitrogens is 3. The molecule has 0 amide bonds. The second-order valence-electron chi connectivity index (χ2n) is 9.64. The van der Waals surface area contributed by atoms with Crippen LogP contribution in [0, 0.1) is 0 Å². The van der Waals surface area contributed by atoms with E-state index in [4.69, 9.17) is 4.74 Å². The van der Waals surface area contributed by atoms with Crippen LogP contribution >= 0.6 is 0 Å². The van der Waals surface area contributed by atoms with Crippen molar-refractivity contribution in [1.82, 2.24) is 14.5 Å². The summed E-state index contributed by atoms with van der Waals surface area (Å²) in [6, 6.07) is 22.7. The molecular formula is C32H29N3O2. The second-order valence-corrected chi connectivity index (χ2v) is 9.64. The van der Waals surface area contributed by atoms with Gasteiger partial charge in [0.2, 0.25) is 0 Å². The zero-order valence-electron chi connectivity index (χ0n) is 20.7. The Morgan fingerprint density at radius 2 is 1.76 bits per heavy atom. The monoisotopic (exact) mass is 487 g/mol. The summed E-state index contributed by atoms with van der Waals surface area (Å²) >= 11 is 0. The summed E-state index contributed by atoms with van der Waals surface area (Å²) in [7, 11) is 0. The van der Waals surface area contributed by atoms with E-state index in [0.29, 0.717) is 13.0 Å². The van der Waals surface area contributed by atoms with E-state index in [0.717, 1.165) is 59.1 Å². The Bertz CT molecular complexity index is 1520. The van der Waals surface area contributed by atoms with Crippen LogP contribution in [-0.4, -0.2) is 20.3 Å². The maximum absolute atomic E-state index is 12.8. The van der Waals surface area contributed by atoms with E-state index in [1.807, 2.05) is 65.9 Å². The summed E-state index contributed by atoms with van der Waals surface area (Å²) in [6.45, 7) is 0.646. The predicted octanol–water partition coefficient (Wildman–Crippen LogP) is 6.56. The molecule has 0 saturated heterocycles. The first kappa shape index (κ1) is 23.2. The molecule has 0 fully saturated rings. The molecule has 1 aliphatic carbocycles. The highest BCUT2D eigenvalue weighted by atomic mass is 16.5. The molecule has 6 rings (SSSR count). The van der Waals surface area contributed by atoms with E-state index >= 15 is 0 Å². The van der Waals surface area contributed by atoms with Gasteiger partial charge in [0.1, 0.15) is 11.9 Å². The van der Waals surface area contributed by atoms with Gasteiger partial charge in [-0.2, -0.15) is 0 Å². The van der Waals surface area contributed by atoms with E-state index in [2.05, 4.69) is 40.3 Å². The van der Waals surface area contributed by atoms with Gasteiger partial charge in [-0.1, -0.05) is 54.6 Å². The Morgan fingerprint density at radius 1 is 0.892 bits per heavy atom. The first-order valence-electron chi connectivity index (χ1n) is 12.9. The van der Waals surface area contributed by atoms with E-state index in [1.54, 1.807) is 6.20 Å². The molecule has 0 radical (unpaired) electrons. The van der Waals surface area contributed by atoms with Crippen LogP contribution < -0.4 is 4.74 Å². The van der Waals surface area contributed by atoms with Gasteiger partial charge in [0.15, 0.2) is 5.78 Å². The Hall–Kier alpha value is -4.25. The number of ether oxygens (including phenoxy) is 1. The lowest BCUT2D eigenvalue weighted by Crippen LogP contribution is -2.18. The number of fused-ring (bicyclic) bond motifs is 2. The maximum atomic E-state index is 12.8. The van der Waals surface area contributed by atoms with Gasteiger partial charge in [0.25, 0.3) is 0 Å². The molecular weight excluding hydrogens is 458 g/mol. The molecule has 0 unspecified atom stereocenters. The lowest BCUT2D eigenvalue weighted by atomic mass is 9.85. The van der Waals surface area contributed by atoms with E-state index in [1.165, 1.54) is 10.9 Å². The highest BCUT2D eigenvalue weighted by Crippen LogP contribution is 2.35. The van der Waals surface area contributed by atoms with Crippen LogP contribution in [0.4, 0.5) is 0 Å². The molecule has 5 heteroatoms. The third kappa shape index (κ3) is 4.90. The normalized spacial score (nSPS) is 13.9. The smallest absolute Gasteiger partial charge is 0.163 e. The largest absolute Gasteiger partial charge is 0.484 e. The van der Waals surface area contributed by atoms with Crippen molar-refractivity contribution < 1.29 is 9.53 Å². The minimum Gasteiger partial charge on any atom is -0.484 e. The SMILES string of the molecule is O=C1CCCc2c1ccc(O[C@H](Cn1ccnc1)c1ccccc1)c2CCc1cncc2ccccc12. The molecule has 2 aromatic heterocycles. The van der Waals surface area contributed by atoms with Crippen molar-refractivity contribution in [3.63, 3.8) is 0 Å². The number of ketones is 1. The first-order chi connectivity index (χ1) is 18.3. The van der Waals surface area contributed by atoms with Gasteiger partial charge < -0.3 is 9.30 Å². The van der Waals surface area contributed by atoms with Crippen LogP contribution in [0.15, 0.2) is 97.8 Å². The molecule has 1 aliphatic rings. The van der Waals surface area contributed by atoms with Crippen molar-refractivity contribution in [2.75, 3.05) is 0 Å². The fourth-order valence-electron chi connectivity index (χ4n) is 5.42. The molecule has 184 valence electrons. The average Bonchev–Trinajstić information content (AvgIpc) is 3.46. The number of rotatable bonds is 8. The summed E-state index contributed by atoms with van der Waals surface area (Å²) in [5.41, 5.74) is 5.47. The average molecular weight is 488 g/mol. The summed E-state index contributed by atoms with van der Waals surface area (Å²) < 4.78 is 8.85. The quantitative estimate of drug-likeness (QED) is 0.249. The zero-order chi connectivity index (χ0) is 25.0. The van der Waals surface area contributed by atoms with Gasteiger partial charge >= 0.3 is 0 Å². The lowest BCUT2D eigenvalue weighted by Gasteiger charge is -2.26. The fraction of sp³-hybridized carbons (Fsp3) is 0.219. The fourth-order valence-corrected chi connectivity index (χ4v) is 5.42. The van der Waals surface area contributed by atoms with E-state index in [9.17, 15) is 4.79 Å². The van der Waals surface area contributed by atoms with Crippen molar-refractivity contribution in [3.8, 4) is 5.75 Å². The molecule has 0 N–H and O–H groups in total. The van der Waals surface area contributed by atoms with Gasteiger partial charge in [-0.05, 0) is 65.5 Å². The predicted molar refractivity (Wildman–Crippen MR) is 145 cm³/mol. The molecule has 1 atom stereocenters. The lowest BCUT2D eigenvalue weighted by molar-refractivity contribution is 0.0972. The van der Waals surface area contributed by atoms with E-state index < -0.39 is 0 Å². The molecule has 5 nitrogen and oxygen atoms in total.